The van der Waals surface area contributed by atoms with E-state index < -0.39 is 11.0 Å². The highest BCUT2D eigenvalue weighted by molar-refractivity contribution is 9.11. The highest BCUT2D eigenvalue weighted by atomic mass is 79.9. The van der Waals surface area contributed by atoms with Crippen molar-refractivity contribution in [3.8, 4) is 0 Å². The molecule has 3 rings (SSSR count). The summed E-state index contributed by atoms with van der Waals surface area (Å²) in [6.45, 7) is 1.50. The van der Waals surface area contributed by atoms with Crippen LogP contribution in [-0.2, 0) is 11.0 Å². The fraction of sp³-hybridized carbons (Fsp3) is 0.143. The first kappa shape index (κ1) is 20.2. The third-order valence-electron chi connectivity index (χ3n) is 4.18. The van der Waals surface area contributed by atoms with Crippen molar-refractivity contribution in [2.24, 2.45) is 0 Å². The number of halogens is 1. The van der Waals surface area contributed by atoms with Gasteiger partial charge in [-0.1, -0.05) is 40.2 Å². The van der Waals surface area contributed by atoms with Crippen molar-refractivity contribution in [3.63, 3.8) is 0 Å². The molecule has 0 bridgehead atoms. The van der Waals surface area contributed by atoms with Gasteiger partial charge in [-0.15, -0.1) is 0 Å². The van der Waals surface area contributed by atoms with E-state index in [1.807, 2.05) is 18.2 Å². The SMILES string of the molecule is CC(=O)c1ccc(NS(=O)c2cccc(C(=O)NC3C=CC(Br)=CC3)c2)cc1. The van der Waals surface area contributed by atoms with E-state index in [2.05, 4.69) is 26.0 Å². The summed E-state index contributed by atoms with van der Waals surface area (Å²) < 4.78 is 16.5. The summed E-state index contributed by atoms with van der Waals surface area (Å²) in [6.07, 6.45) is 6.54. The van der Waals surface area contributed by atoms with Gasteiger partial charge in [0.1, 0.15) is 11.0 Å². The Balaban J connectivity index is 1.66. The number of amides is 1. The summed E-state index contributed by atoms with van der Waals surface area (Å²) in [6, 6.07) is 13.4. The van der Waals surface area contributed by atoms with Crippen LogP contribution in [0.5, 0.6) is 0 Å². The quantitative estimate of drug-likeness (QED) is 0.631. The van der Waals surface area contributed by atoms with Crippen molar-refractivity contribution in [1.82, 2.24) is 5.32 Å². The first-order chi connectivity index (χ1) is 13.4. The maximum absolute atomic E-state index is 12.6. The molecule has 0 saturated heterocycles. The zero-order valence-electron chi connectivity index (χ0n) is 15.1. The molecule has 0 aromatic heterocycles. The molecule has 0 spiro atoms. The highest BCUT2D eigenvalue weighted by Crippen LogP contribution is 2.18. The van der Waals surface area contributed by atoms with E-state index >= 15 is 0 Å². The normalized spacial score (nSPS) is 16.8. The van der Waals surface area contributed by atoms with Crippen LogP contribution in [0.1, 0.15) is 34.1 Å². The molecule has 0 heterocycles. The van der Waals surface area contributed by atoms with Crippen molar-refractivity contribution >= 4 is 44.3 Å². The summed E-state index contributed by atoms with van der Waals surface area (Å²) in [5, 5.41) is 2.95. The number of hydrogen-bond acceptors (Lipinski definition) is 3. The number of anilines is 1. The van der Waals surface area contributed by atoms with Crippen LogP contribution in [0.25, 0.3) is 0 Å². The molecule has 0 aliphatic heterocycles. The van der Waals surface area contributed by atoms with Gasteiger partial charge < -0.3 is 10.0 Å². The smallest absolute Gasteiger partial charge is 0.251 e. The van der Waals surface area contributed by atoms with E-state index in [-0.39, 0.29) is 17.7 Å². The van der Waals surface area contributed by atoms with Gasteiger partial charge in [0, 0.05) is 21.3 Å². The Bertz CT molecular complexity index is 983. The molecule has 2 N–H and O–H groups in total. The van der Waals surface area contributed by atoms with E-state index in [9.17, 15) is 13.8 Å². The van der Waals surface area contributed by atoms with Gasteiger partial charge in [0.05, 0.1) is 10.9 Å². The second-order valence-electron chi connectivity index (χ2n) is 6.30. The largest absolute Gasteiger partial charge is 0.346 e. The number of ketones is 1. The minimum absolute atomic E-state index is 0.0259. The molecule has 2 atom stereocenters. The fourth-order valence-corrected chi connectivity index (χ4v) is 3.89. The van der Waals surface area contributed by atoms with Crippen LogP contribution in [0, 0.1) is 0 Å². The van der Waals surface area contributed by atoms with Crippen LogP contribution in [-0.4, -0.2) is 21.9 Å². The highest BCUT2D eigenvalue weighted by Gasteiger charge is 2.14. The van der Waals surface area contributed by atoms with E-state index in [1.165, 1.54) is 6.92 Å². The number of nitrogens with one attached hydrogen (secondary N) is 2. The summed E-state index contributed by atoms with van der Waals surface area (Å²) in [4.78, 5) is 24.3. The van der Waals surface area contributed by atoms with E-state index in [0.29, 0.717) is 28.1 Å². The van der Waals surface area contributed by atoms with E-state index in [0.717, 1.165) is 4.48 Å². The molecule has 144 valence electrons. The maximum Gasteiger partial charge on any atom is 0.251 e. The maximum atomic E-state index is 12.6. The van der Waals surface area contributed by atoms with Crippen LogP contribution < -0.4 is 10.0 Å². The Morgan fingerprint density at radius 1 is 1.11 bits per heavy atom. The number of allylic oxidation sites excluding steroid dienone is 2. The number of carbonyl (C=O) groups is 2. The summed E-state index contributed by atoms with van der Waals surface area (Å²) in [7, 11) is -1.53. The average molecular weight is 459 g/mol. The Morgan fingerprint density at radius 3 is 2.50 bits per heavy atom. The Morgan fingerprint density at radius 2 is 1.86 bits per heavy atom. The number of carbonyl (C=O) groups excluding carboxylic acids is 2. The van der Waals surface area contributed by atoms with Gasteiger partial charge in [-0.3, -0.25) is 9.59 Å². The average Bonchev–Trinajstić information content (AvgIpc) is 2.70. The molecule has 2 aromatic carbocycles. The minimum atomic E-state index is -1.53. The van der Waals surface area contributed by atoms with Crippen LogP contribution in [0.3, 0.4) is 0 Å². The number of Topliss-reactive ketones (excluding diaryl/α,β-unsaturated/α-hetero) is 1. The van der Waals surface area contributed by atoms with Gasteiger partial charge in [0.25, 0.3) is 5.91 Å². The van der Waals surface area contributed by atoms with Gasteiger partial charge in [-0.2, -0.15) is 0 Å². The molecule has 2 unspecified atom stereocenters. The molecular weight excluding hydrogens is 440 g/mol. The van der Waals surface area contributed by atoms with Gasteiger partial charge >= 0.3 is 0 Å². The molecule has 7 heteroatoms. The lowest BCUT2D eigenvalue weighted by atomic mass is 10.1. The monoisotopic (exact) mass is 458 g/mol. The van der Waals surface area contributed by atoms with Crippen molar-refractivity contribution in [1.29, 1.82) is 0 Å². The van der Waals surface area contributed by atoms with Crippen molar-refractivity contribution in [2.45, 2.75) is 24.3 Å². The second-order valence-corrected chi connectivity index (χ2v) is 8.42. The van der Waals surface area contributed by atoms with E-state index in [1.54, 1.807) is 48.5 Å². The van der Waals surface area contributed by atoms with Crippen molar-refractivity contribution in [3.05, 3.63) is 82.4 Å². The standard InChI is InChI=1S/C21H19BrN2O3S/c1-14(25)15-5-9-19(10-6-15)24-28(27)20-4-2-3-16(13-20)21(26)23-18-11-7-17(22)8-12-18/h2-11,13,18,24H,12H2,1H3,(H,23,26). The summed E-state index contributed by atoms with van der Waals surface area (Å²) >= 11 is 3.39. The third kappa shape index (κ3) is 5.27. The Hall–Kier alpha value is -2.51. The van der Waals surface area contributed by atoms with E-state index in [4.69, 9.17) is 0 Å². The fourth-order valence-electron chi connectivity index (χ4n) is 2.64. The lowest BCUT2D eigenvalue weighted by Crippen LogP contribution is -2.33. The molecule has 5 nitrogen and oxygen atoms in total. The van der Waals surface area contributed by atoms with Crippen LogP contribution in [0.15, 0.2) is 76.1 Å². The predicted octanol–water partition coefficient (Wildman–Crippen LogP) is 4.36. The molecule has 1 aliphatic carbocycles. The number of hydrogen-bond donors (Lipinski definition) is 2. The van der Waals surface area contributed by atoms with Gasteiger partial charge in [-0.25, -0.2) is 4.21 Å². The second kappa shape index (κ2) is 9.12. The summed E-state index contributed by atoms with van der Waals surface area (Å²) in [5.41, 5.74) is 1.66. The first-order valence-electron chi connectivity index (χ1n) is 8.66. The molecule has 0 saturated carbocycles. The Kier molecular flexibility index (Phi) is 6.59. The lowest BCUT2D eigenvalue weighted by molar-refractivity contribution is 0.0943. The van der Waals surface area contributed by atoms with Crippen molar-refractivity contribution in [2.75, 3.05) is 4.72 Å². The van der Waals surface area contributed by atoms with Crippen molar-refractivity contribution < 1.29 is 13.8 Å². The van der Waals surface area contributed by atoms with Crippen LogP contribution in [0.4, 0.5) is 5.69 Å². The zero-order chi connectivity index (χ0) is 20.1. The molecule has 1 aliphatic rings. The molecule has 2 aromatic rings. The molecular formula is C21H19BrN2O3S. The molecule has 1 amide bonds. The number of rotatable bonds is 6. The van der Waals surface area contributed by atoms with Gasteiger partial charge in [0.2, 0.25) is 0 Å². The molecule has 0 radical (unpaired) electrons. The van der Waals surface area contributed by atoms with Gasteiger partial charge in [0.15, 0.2) is 5.78 Å². The minimum Gasteiger partial charge on any atom is -0.346 e. The topological polar surface area (TPSA) is 75.3 Å². The molecule has 0 fully saturated rings. The van der Waals surface area contributed by atoms with Crippen LogP contribution in [0.2, 0.25) is 0 Å². The lowest BCUT2D eigenvalue weighted by Gasteiger charge is -2.16. The zero-order valence-corrected chi connectivity index (χ0v) is 17.5. The Labute approximate surface area is 174 Å². The first-order valence-corrected chi connectivity index (χ1v) is 10.6. The predicted molar refractivity (Wildman–Crippen MR) is 115 cm³/mol. The third-order valence-corrected chi connectivity index (χ3v) is 5.87. The summed E-state index contributed by atoms with van der Waals surface area (Å²) in [5.74, 6) is -0.243. The van der Waals surface area contributed by atoms with Gasteiger partial charge in [-0.05, 0) is 55.8 Å². The number of benzene rings is 2. The van der Waals surface area contributed by atoms with Crippen LogP contribution >= 0.6 is 15.9 Å². The molecule has 28 heavy (non-hydrogen) atoms.